The van der Waals surface area contributed by atoms with E-state index >= 15 is 0 Å². The molecule has 1 aliphatic rings. The molecule has 5 heteroatoms. The molecule has 2 N–H and O–H groups in total. The van der Waals surface area contributed by atoms with Gasteiger partial charge in [-0.2, -0.15) is 0 Å². The summed E-state index contributed by atoms with van der Waals surface area (Å²) in [5.74, 6) is 0.00778. The number of halogens is 1. The third-order valence-corrected chi connectivity index (χ3v) is 3.21. The molecule has 1 rings (SSSR count). The summed E-state index contributed by atoms with van der Waals surface area (Å²) >= 11 is 0. The highest BCUT2D eigenvalue weighted by Crippen LogP contribution is 2.14. The van der Waals surface area contributed by atoms with Crippen LogP contribution in [0.5, 0.6) is 0 Å². The Morgan fingerprint density at radius 3 is 2.56 bits per heavy atom. The first kappa shape index (κ1) is 15.7. The largest absolute Gasteiger partial charge is 0.366 e. The van der Waals surface area contributed by atoms with Gasteiger partial charge in [-0.3, -0.25) is 4.79 Å². The third-order valence-electron chi connectivity index (χ3n) is 3.21. The third kappa shape index (κ3) is 4.28. The topological polar surface area (TPSA) is 50.4 Å². The molecule has 16 heavy (non-hydrogen) atoms. The van der Waals surface area contributed by atoms with Gasteiger partial charge in [0, 0.05) is 18.6 Å². The summed E-state index contributed by atoms with van der Waals surface area (Å²) in [4.78, 5) is 11.9. The molecule has 1 aliphatic heterocycles. The minimum atomic E-state index is -0.323. The first-order chi connectivity index (χ1) is 7.11. The van der Waals surface area contributed by atoms with Crippen LogP contribution < -0.4 is 10.6 Å². The molecular formula is C11H23ClN2O2. The van der Waals surface area contributed by atoms with Crippen LogP contribution in [0.2, 0.25) is 0 Å². The lowest BCUT2D eigenvalue weighted by Gasteiger charge is -2.31. The van der Waals surface area contributed by atoms with Gasteiger partial charge in [0.25, 0.3) is 5.91 Å². The van der Waals surface area contributed by atoms with Crippen LogP contribution in [0.3, 0.4) is 0 Å². The van der Waals surface area contributed by atoms with Gasteiger partial charge in [0.1, 0.15) is 6.10 Å². The number of hydrogen-bond donors (Lipinski definition) is 2. The highest BCUT2D eigenvalue weighted by Gasteiger charge is 2.28. The van der Waals surface area contributed by atoms with E-state index in [-0.39, 0.29) is 30.0 Å². The van der Waals surface area contributed by atoms with Gasteiger partial charge >= 0.3 is 0 Å². The number of rotatable bonds is 4. The van der Waals surface area contributed by atoms with Gasteiger partial charge in [-0.15, -0.1) is 12.4 Å². The average molecular weight is 251 g/mol. The Morgan fingerprint density at radius 1 is 1.50 bits per heavy atom. The number of amides is 1. The number of morpholine rings is 1. The van der Waals surface area contributed by atoms with Gasteiger partial charge in [0.05, 0.1) is 6.61 Å². The van der Waals surface area contributed by atoms with E-state index in [0.29, 0.717) is 13.2 Å². The molecule has 0 saturated carbocycles. The van der Waals surface area contributed by atoms with E-state index < -0.39 is 0 Å². The summed E-state index contributed by atoms with van der Waals surface area (Å²) < 4.78 is 5.40. The van der Waals surface area contributed by atoms with E-state index in [0.717, 1.165) is 19.4 Å². The van der Waals surface area contributed by atoms with E-state index in [1.165, 1.54) is 0 Å². The molecule has 0 unspecified atom stereocenters. The van der Waals surface area contributed by atoms with Crippen molar-refractivity contribution in [2.75, 3.05) is 19.7 Å². The summed E-state index contributed by atoms with van der Waals surface area (Å²) in [7, 11) is 0. The minimum Gasteiger partial charge on any atom is -0.366 e. The number of carbonyl (C=O) groups is 1. The van der Waals surface area contributed by atoms with Crippen molar-refractivity contribution in [3.05, 3.63) is 0 Å². The Balaban J connectivity index is 0.00000225. The van der Waals surface area contributed by atoms with Crippen molar-refractivity contribution in [3.8, 4) is 0 Å². The van der Waals surface area contributed by atoms with Gasteiger partial charge in [-0.25, -0.2) is 0 Å². The molecule has 1 amide bonds. The Morgan fingerprint density at radius 2 is 2.12 bits per heavy atom. The van der Waals surface area contributed by atoms with Crippen LogP contribution in [0.1, 0.15) is 33.6 Å². The van der Waals surface area contributed by atoms with Crippen molar-refractivity contribution in [1.82, 2.24) is 10.6 Å². The second-order valence-corrected chi connectivity index (χ2v) is 4.32. The standard InChI is InChI=1S/C11H22N2O2.ClH/c1-4-11(3,5-2)13-10(14)9-8-12-6-7-15-9;/h9,12H,4-8H2,1-3H3,(H,13,14);1H/t9-;/m0./s1. The lowest BCUT2D eigenvalue weighted by atomic mass is 9.95. The van der Waals surface area contributed by atoms with Gasteiger partial charge in [-0.1, -0.05) is 13.8 Å². The second kappa shape index (κ2) is 7.09. The number of hydrogen-bond acceptors (Lipinski definition) is 3. The molecule has 0 aromatic carbocycles. The van der Waals surface area contributed by atoms with Crippen molar-refractivity contribution in [3.63, 3.8) is 0 Å². The molecule has 4 nitrogen and oxygen atoms in total. The predicted molar refractivity (Wildman–Crippen MR) is 67.0 cm³/mol. The molecule has 0 radical (unpaired) electrons. The van der Waals surface area contributed by atoms with E-state index in [1.54, 1.807) is 0 Å². The molecule has 0 aromatic heterocycles. The number of nitrogens with one attached hydrogen (secondary N) is 2. The Kier molecular flexibility index (Phi) is 6.95. The highest BCUT2D eigenvalue weighted by molar-refractivity contribution is 5.85. The summed E-state index contributed by atoms with van der Waals surface area (Å²) in [6.07, 6.45) is 1.56. The summed E-state index contributed by atoms with van der Waals surface area (Å²) in [6, 6.07) is 0. The Labute approximate surface area is 104 Å². The van der Waals surface area contributed by atoms with Crippen LogP contribution in [0.4, 0.5) is 0 Å². The van der Waals surface area contributed by atoms with Crippen molar-refractivity contribution in [2.24, 2.45) is 0 Å². The van der Waals surface area contributed by atoms with Crippen LogP contribution >= 0.6 is 12.4 Å². The van der Waals surface area contributed by atoms with Crippen LogP contribution in [0, 0.1) is 0 Å². The SMILES string of the molecule is CCC(C)(CC)NC(=O)[C@@H]1CNCCO1.Cl. The Bertz CT molecular complexity index is 214. The van der Waals surface area contributed by atoms with Gasteiger partial charge in [0.15, 0.2) is 0 Å². The lowest BCUT2D eigenvalue weighted by Crippen LogP contribution is -2.54. The zero-order chi connectivity index (χ0) is 11.3. The van der Waals surface area contributed by atoms with E-state index in [2.05, 4.69) is 31.4 Å². The first-order valence-electron chi connectivity index (χ1n) is 5.75. The van der Waals surface area contributed by atoms with Crippen molar-refractivity contribution < 1.29 is 9.53 Å². The fourth-order valence-electron chi connectivity index (χ4n) is 1.54. The van der Waals surface area contributed by atoms with E-state index in [9.17, 15) is 4.79 Å². The van der Waals surface area contributed by atoms with Crippen molar-refractivity contribution in [1.29, 1.82) is 0 Å². The van der Waals surface area contributed by atoms with Gasteiger partial charge in [0.2, 0.25) is 0 Å². The van der Waals surface area contributed by atoms with Crippen molar-refractivity contribution in [2.45, 2.75) is 45.3 Å². The molecule has 0 bridgehead atoms. The smallest absolute Gasteiger partial charge is 0.250 e. The normalized spacial score (nSPS) is 21.1. The summed E-state index contributed by atoms with van der Waals surface area (Å²) in [5.41, 5.74) is -0.0993. The van der Waals surface area contributed by atoms with Crippen LogP contribution in [0.25, 0.3) is 0 Å². The van der Waals surface area contributed by atoms with Crippen LogP contribution in [-0.4, -0.2) is 37.2 Å². The first-order valence-corrected chi connectivity index (χ1v) is 5.75. The lowest BCUT2D eigenvalue weighted by molar-refractivity contribution is -0.136. The molecule has 1 saturated heterocycles. The zero-order valence-corrected chi connectivity index (χ0v) is 11.2. The molecular weight excluding hydrogens is 228 g/mol. The average Bonchev–Trinajstić information content (AvgIpc) is 2.30. The maximum atomic E-state index is 11.9. The molecule has 1 fully saturated rings. The van der Waals surface area contributed by atoms with E-state index in [4.69, 9.17) is 4.74 Å². The quantitative estimate of drug-likeness (QED) is 0.786. The van der Waals surface area contributed by atoms with Crippen molar-refractivity contribution >= 4 is 18.3 Å². The minimum absolute atomic E-state index is 0. The molecule has 0 aromatic rings. The molecule has 1 atom stereocenters. The summed E-state index contributed by atoms with van der Waals surface area (Å²) in [5, 5.41) is 6.21. The second-order valence-electron chi connectivity index (χ2n) is 4.32. The van der Waals surface area contributed by atoms with Crippen LogP contribution in [-0.2, 0) is 9.53 Å². The fourth-order valence-corrected chi connectivity index (χ4v) is 1.54. The molecule has 0 aliphatic carbocycles. The monoisotopic (exact) mass is 250 g/mol. The van der Waals surface area contributed by atoms with E-state index in [1.807, 2.05) is 0 Å². The predicted octanol–water partition coefficient (Wildman–Crippen LogP) is 1.09. The summed E-state index contributed by atoms with van der Waals surface area (Å²) in [6.45, 7) is 8.32. The molecule has 0 spiro atoms. The maximum Gasteiger partial charge on any atom is 0.250 e. The number of carbonyl (C=O) groups excluding carboxylic acids is 1. The van der Waals surface area contributed by atoms with Gasteiger partial charge < -0.3 is 15.4 Å². The van der Waals surface area contributed by atoms with Gasteiger partial charge in [-0.05, 0) is 19.8 Å². The zero-order valence-electron chi connectivity index (χ0n) is 10.3. The highest BCUT2D eigenvalue weighted by atomic mass is 35.5. The molecule has 96 valence electrons. The Hall–Kier alpha value is -0.320. The molecule has 1 heterocycles. The number of ether oxygens (including phenoxy) is 1. The maximum absolute atomic E-state index is 11.9. The van der Waals surface area contributed by atoms with Crippen LogP contribution in [0.15, 0.2) is 0 Å². The fraction of sp³-hybridized carbons (Fsp3) is 0.909.